The standard InChI is InChI=1S/C18H16BrCl3N2O7S/c19-6-11(26)14(17(29)31-8-18(20,21)22)24-15(28)13(16(24)32-9-25)23-12(27)7-30-10-4-2-1-3-5-10/h1-5,9,13,16,26H,6-8H2,(H,23,27)/b14-11+. The minimum atomic E-state index is -1.92. The highest BCUT2D eigenvalue weighted by atomic mass is 79.9. The molecule has 0 radical (unpaired) electrons. The molecule has 1 heterocycles. The number of rotatable bonds is 10. The van der Waals surface area contributed by atoms with E-state index in [-0.39, 0.29) is 11.9 Å². The smallest absolute Gasteiger partial charge is 0.358 e. The monoisotopic (exact) mass is 588 g/mol. The summed E-state index contributed by atoms with van der Waals surface area (Å²) >= 11 is 20.3. The second-order valence-corrected chi connectivity index (χ2v) is 10.1. The van der Waals surface area contributed by atoms with Crippen molar-refractivity contribution in [3.63, 3.8) is 0 Å². The molecule has 2 atom stereocenters. The van der Waals surface area contributed by atoms with Crippen LogP contribution in [0, 0.1) is 0 Å². The van der Waals surface area contributed by atoms with Gasteiger partial charge in [-0.15, -0.1) is 0 Å². The Kier molecular flexibility index (Phi) is 9.96. The van der Waals surface area contributed by atoms with Crippen molar-refractivity contribution < 1.29 is 33.8 Å². The van der Waals surface area contributed by atoms with Crippen LogP contribution in [-0.2, 0) is 23.9 Å². The minimum Gasteiger partial charge on any atom is -0.509 e. The van der Waals surface area contributed by atoms with Gasteiger partial charge in [-0.2, -0.15) is 0 Å². The van der Waals surface area contributed by atoms with Crippen molar-refractivity contribution in [2.24, 2.45) is 0 Å². The summed E-state index contributed by atoms with van der Waals surface area (Å²) < 4.78 is 8.25. The van der Waals surface area contributed by atoms with Gasteiger partial charge < -0.3 is 19.9 Å². The lowest BCUT2D eigenvalue weighted by Gasteiger charge is -2.45. The van der Waals surface area contributed by atoms with E-state index in [9.17, 15) is 24.3 Å². The first kappa shape index (κ1) is 26.6. The summed E-state index contributed by atoms with van der Waals surface area (Å²) in [5.74, 6) is -2.65. The molecule has 2 rings (SSSR count). The van der Waals surface area contributed by atoms with Gasteiger partial charge in [0, 0.05) is 0 Å². The number of hydrogen-bond acceptors (Lipinski definition) is 8. The van der Waals surface area contributed by atoms with Crippen molar-refractivity contribution >= 4 is 85.9 Å². The molecule has 32 heavy (non-hydrogen) atoms. The van der Waals surface area contributed by atoms with Crippen LogP contribution in [0.3, 0.4) is 0 Å². The Morgan fingerprint density at radius 1 is 1.28 bits per heavy atom. The zero-order chi connectivity index (χ0) is 23.9. The van der Waals surface area contributed by atoms with E-state index in [1.54, 1.807) is 30.3 Å². The number of thioether (sulfide) groups is 1. The number of hydrogen-bond donors (Lipinski definition) is 2. The molecule has 0 spiro atoms. The lowest BCUT2D eigenvalue weighted by Crippen LogP contribution is -2.70. The van der Waals surface area contributed by atoms with Crippen LogP contribution in [-0.4, -0.2) is 67.2 Å². The van der Waals surface area contributed by atoms with Crippen molar-refractivity contribution in [1.82, 2.24) is 10.2 Å². The van der Waals surface area contributed by atoms with Crippen LogP contribution >= 0.6 is 62.5 Å². The second-order valence-electron chi connectivity index (χ2n) is 6.10. The molecule has 0 aromatic heterocycles. The van der Waals surface area contributed by atoms with Crippen LogP contribution in [0.1, 0.15) is 0 Å². The van der Waals surface area contributed by atoms with Gasteiger partial charge in [0.15, 0.2) is 17.9 Å². The van der Waals surface area contributed by atoms with Gasteiger partial charge in [-0.1, -0.05) is 80.7 Å². The molecule has 1 aromatic rings. The summed E-state index contributed by atoms with van der Waals surface area (Å²) in [5, 5.41) is 11.4. The number of carbonyl (C=O) groups excluding carboxylic acids is 4. The molecular formula is C18H16BrCl3N2O7S. The number of carbonyl (C=O) groups is 4. The molecule has 0 aliphatic carbocycles. The second kappa shape index (κ2) is 12.0. The lowest BCUT2D eigenvalue weighted by molar-refractivity contribution is -0.153. The van der Waals surface area contributed by atoms with E-state index in [2.05, 4.69) is 21.2 Å². The Bertz CT molecular complexity index is 898. The van der Waals surface area contributed by atoms with Gasteiger partial charge in [0.25, 0.3) is 11.8 Å². The zero-order valence-corrected chi connectivity index (χ0v) is 20.7. The van der Waals surface area contributed by atoms with Crippen LogP contribution in [0.5, 0.6) is 5.75 Å². The van der Waals surface area contributed by atoms with E-state index in [0.29, 0.717) is 23.1 Å². The third-order valence-electron chi connectivity index (χ3n) is 3.87. The van der Waals surface area contributed by atoms with E-state index in [1.165, 1.54) is 0 Å². The predicted octanol–water partition coefficient (Wildman–Crippen LogP) is 2.72. The number of likely N-dealkylation sites (tertiary alicyclic amines) is 1. The summed E-state index contributed by atoms with van der Waals surface area (Å²) in [7, 11) is 0. The van der Waals surface area contributed by atoms with E-state index in [1.807, 2.05) is 0 Å². The Morgan fingerprint density at radius 2 is 1.94 bits per heavy atom. The zero-order valence-electron chi connectivity index (χ0n) is 16.0. The summed E-state index contributed by atoms with van der Waals surface area (Å²) in [6.45, 7) is -1.03. The molecule has 0 saturated carbocycles. The maximum Gasteiger partial charge on any atom is 0.358 e. The number of esters is 1. The largest absolute Gasteiger partial charge is 0.509 e. The van der Waals surface area contributed by atoms with Gasteiger partial charge >= 0.3 is 5.97 Å². The first-order valence-corrected chi connectivity index (χ1v) is 11.9. The number of allylic oxidation sites excluding steroid dienone is 1. The van der Waals surface area contributed by atoms with Crippen LogP contribution in [0.25, 0.3) is 0 Å². The fourth-order valence-corrected chi connectivity index (χ4v) is 3.76. The summed E-state index contributed by atoms with van der Waals surface area (Å²) in [6, 6.07) is 7.37. The molecular weight excluding hydrogens is 575 g/mol. The number of para-hydroxylation sites is 1. The summed E-state index contributed by atoms with van der Waals surface area (Å²) in [4.78, 5) is 49.4. The molecule has 2 N–H and O–H groups in total. The molecule has 174 valence electrons. The number of amides is 2. The third kappa shape index (κ3) is 7.17. The van der Waals surface area contributed by atoms with Crippen LogP contribution in [0.2, 0.25) is 0 Å². The number of nitrogens with one attached hydrogen (secondary N) is 1. The maximum atomic E-state index is 12.7. The minimum absolute atomic E-state index is 0.213. The molecule has 1 aliphatic rings. The molecule has 2 amide bonds. The molecule has 14 heteroatoms. The van der Waals surface area contributed by atoms with Gasteiger partial charge in [-0.25, -0.2) is 4.79 Å². The SMILES string of the molecule is O=CSC1C(NC(=O)COc2ccccc2)C(=O)N1/C(C(=O)OCC(Cl)(Cl)Cl)=C(/O)CBr. The predicted molar refractivity (Wildman–Crippen MR) is 124 cm³/mol. The molecule has 1 saturated heterocycles. The van der Waals surface area contributed by atoms with E-state index in [0.717, 1.165) is 4.90 Å². The highest BCUT2D eigenvalue weighted by Gasteiger charge is 2.53. The average Bonchev–Trinajstić information content (AvgIpc) is 2.76. The van der Waals surface area contributed by atoms with Crippen LogP contribution < -0.4 is 10.1 Å². The fourth-order valence-electron chi connectivity index (χ4n) is 2.55. The number of aliphatic hydroxyl groups is 1. The lowest BCUT2D eigenvalue weighted by atomic mass is 10.1. The number of nitrogens with zero attached hydrogens (tertiary/aromatic N) is 1. The highest BCUT2D eigenvalue weighted by Crippen LogP contribution is 2.35. The van der Waals surface area contributed by atoms with E-state index in [4.69, 9.17) is 44.3 Å². The van der Waals surface area contributed by atoms with Gasteiger partial charge in [0.2, 0.25) is 3.79 Å². The van der Waals surface area contributed by atoms with Crippen molar-refractivity contribution in [3.05, 3.63) is 41.8 Å². The number of aliphatic hydroxyl groups excluding tert-OH is 1. The maximum absolute atomic E-state index is 12.7. The van der Waals surface area contributed by atoms with Crippen LogP contribution in [0.4, 0.5) is 0 Å². The molecule has 0 bridgehead atoms. The van der Waals surface area contributed by atoms with Gasteiger partial charge in [0.1, 0.15) is 29.5 Å². The van der Waals surface area contributed by atoms with Crippen molar-refractivity contribution in [2.75, 3.05) is 18.5 Å². The number of alkyl halides is 4. The quantitative estimate of drug-likeness (QED) is 0.107. The molecule has 1 aliphatic heterocycles. The first-order valence-electron chi connectivity index (χ1n) is 8.70. The number of halogens is 4. The third-order valence-corrected chi connectivity index (χ3v) is 5.60. The fraction of sp³-hybridized carbons (Fsp3) is 0.333. The summed E-state index contributed by atoms with van der Waals surface area (Å²) in [5.41, 5.74) is -0.120. The van der Waals surface area contributed by atoms with E-state index >= 15 is 0 Å². The van der Waals surface area contributed by atoms with Crippen molar-refractivity contribution in [3.8, 4) is 5.75 Å². The number of ether oxygens (including phenoxy) is 2. The number of β-lactam (4-membered cyclic amide) rings is 1. The van der Waals surface area contributed by atoms with E-state index < -0.39 is 51.1 Å². The molecule has 9 nitrogen and oxygen atoms in total. The average molecular weight is 591 g/mol. The number of benzene rings is 1. The Morgan fingerprint density at radius 3 is 2.50 bits per heavy atom. The van der Waals surface area contributed by atoms with Crippen molar-refractivity contribution in [2.45, 2.75) is 15.2 Å². The topological polar surface area (TPSA) is 122 Å². The van der Waals surface area contributed by atoms with Gasteiger partial charge in [-0.3, -0.25) is 19.3 Å². The molecule has 2 unspecified atom stereocenters. The summed E-state index contributed by atoms with van der Waals surface area (Å²) in [6.07, 6.45) is 0. The van der Waals surface area contributed by atoms with Gasteiger partial charge in [-0.05, 0) is 12.1 Å². The Labute approximate surface area is 210 Å². The van der Waals surface area contributed by atoms with Crippen LogP contribution in [0.15, 0.2) is 41.8 Å². The molecule has 1 aromatic carbocycles. The first-order chi connectivity index (χ1) is 15.1. The Balaban J connectivity index is 2.12. The highest BCUT2D eigenvalue weighted by molar-refractivity contribution is 9.09. The Hall–Kier alpha value is -1.66. The normalized spacial score (nSPS) is 18.9. The van der Waals surface area contributed by atoms with Gasteiger partial charge in [0.05, 0.1) is 5.33 Å². The molecule has 1 fully saturated rings. The van der Waals surface area contributed by atoms with Crippen molar-refractivity contribution in [1.29, 1.82) is 0 Å².